The molecule has 1 saturated heterocycles. The molecule has 1 fully saturated rings. The minimum atomic E-state index is -0.359. The lowest BCUT2D eigenvalue weighted by Gasteiger charge is -2.35. The molecule has 0 bridgehead atoms. The Labute approximate surface area is 184 Å². The Kier molecular flexibility index (Phi) is 5.49. The number of aromatic nitrogens is 4. The van der Waals surface area contributed by atoms with Crippen molar-refractivity contribution in [1.29, 1.82) is 0 Å². The molecule has 3 heterocycles. The highest BCUT2D eigenvalue weighted by Gasteiger charge is 2.30. The number of para-hydroxylation sites is 1. The Morgan fingerprint density at radius 2 is 2.00 bits per heavy atom. The number of carbonyl (C=O) groups excluding carboxylic acids is 1. The van der Waals surface area contributed by atoms with Gasteiger partial charge >= 0.3 is 0 Å². The number of amides is 1. The van der Waals surface area contributed by atoms with E-state index < -0.39 is 0 Å². The number of rotatable bonds is 5. The number of piperidine rings is 1. The second-order valence-electron chi connectivity index (χ2n) is 7.83. The van der Waals surface area contributed by atoms with Gasteiger partial charge in [0.05, 0.1) is 11.3 Å². The van der Waals surface area contributed by atoms with Gasteiger partial charge in [-0.25, -0.2) is 9.07 Å². The zero-order valence-corrected chi connectivity index (χ0v) is 17.4. The average molecular weight is 431 g/mol. The predicted molar refractivity (Wildman–Crippen MR) is 116 cm³/mol. The van der Waals surface area contributed by atoms with E-state index in [0.717, 1.165) is 24.9 Å². The lowest BCUT2D eigenvalue weighted by Crippen LogP contribution is -2.45. The molecule has 32 heavy (non-hydrogen) atoms. The van der Waals surface area contributed by atoms with Gasteiger partial charge in [0, 0.05) is 37.0 Å². The van der Waals surface area contributed by atoms with Crippen LogP contribution < -0.4 is 0 Å². The molecule has 1 unspecified atom stereocenters. The number of likely N-dealkylation sites (tertiary alicyclic amines) is 1. The molecular weight excluding hydrogens is 409 g/mol. The third-order valence-electron chi connectivity index (χ3n) is 5.72. The maximum atomic E-state index is 13.6. The molecule has 162 valence electrons. The minimum Gasteiger partial charge on any atom is -0.421 e. The predicted octanol–water partition coefficient (Wildman–Crippen LogP) is 4.30. The zero-order chi connectivity index (χ0) is 21.9. The molecule has 7 nitrogen and oxygen atoms in total. The topological polar surface area (TPSA) is 77.1 Å². The van der Waals surface area contributed by atoms with Gasteiger partial charge in [0.2, 0.25) is 11.8 Å². The Hall–Kier alpha value is -3.81. The van der Waals surface area contributed by atoms with Crippen LogP contribution >= 0.6 is 0 Å². The maximum Gasteiger partial charge on any atom is 0.256 e. The summed E-state index contributed by atoms with van der Waals surface area (Å²) in [4.78, 5) is 15.5. The van der Waals surface area contributed by atoms with Crippen LogP contribution in [0, 0.1) is 5.82 Å². The van der Waals surface area contributed by atoms with Crippen molar-refractivity contribution in [1.82, 2.24) is 24.9 Å². The van der Waals surface area contributed by atoms with E-state index in [1.54, 1.807) is 23.0 Å². The number of hydrogen-bond donors (Lipinski definition) is 0. The summed E-state index contributed by atoms with van der Waals surface area (Å²) in [6.07, 6.45) is 6.80. The van der Waals surface area contributed by atoms with Gasteiger partial charge in [0.25, 0.3) is 5.91 Å². The summed E-state index contributed by atoms with van der Waals surface area (Å²) in [7, 11) is 0. The van der Waals surface area contributed by atoms with E-state index in [0.29, 0.717) is 30.0 Å². The Morgan fingerprint density at radius 3 is 2.84 bits per heavy atom. The van der Waals surface area contributed by atoms with E-state index in [2.05, 4.69) is 15.3 Å². The van der Waals surface area contributed by atoms with E-state index in [4.69, 9.17) is 4.42 Å². The van der Waals surface area contributed by atoms with E-state index in [1.807, 2.05) is 41.4 Å². The molecule has 0 spiro atoms. The van der Waals surface area contributed by atoms with Crippen LogP contribution in [-0.2, 0) is 6.42 Å². The molecule has 0 radical (unpaired) electrons. The first-order chi connectivity index (χ1) is 15.7. The van der Waals surface area contributed by atoms with E-state index in [1.165, 1.54) is 12.1 Å². The average Bonchev–Trinajstić information content (AvgIpc) is 3.52. The molecular formula is C24H22FN5O2. The van der Waals surface area contributed by atoms with Gasteiger partial charge in [-0.3, -0.25) is 4.79 Å². The number of benzene rings is 2. The zero-order valence-electron chi connectivity index (χ0n) is 17.4. The second kappa shape index (κ2) is 8.74. The SMILES string of the molecule is O=C(c1ccccc1-n1cccn1)N1CCCCC1Cc1nnc(-c2cccc(F)c2)o1. The van der Waals surface area contributed by atoms with Crippen molar-refractivity contribution in [3.63, 3.8) is 0 Å². The molecule has 5 rings (SSSR count). The van der Waals surface area contributed by atoms with Gasteiger partial charge in [-0.05, 0) is 55.7 Å². The summed E-state index contributed by atoms with van der Waals surface area (Å²) in [5.74, 6) is 0.319. The molecule has 2 aromatic carbocycles. The van der Waals surface area contributed by atoms with Crippen LogP contribution in [0.5, 0.6) is 0 Å². The van der Waals surface area contributed by atoms with Crippen LogP contribution in [-0.4, -0.2) is 43.4 Å². The monoisotopic (exact) mass is 431 g/mol. The molecule has 1 aliphatic rings. The van der Waals surface area contributed by atoms with Crippen LogP contribution in [0.15, 0.2) is 71.4 Å². The third-order valence-corrected chi connectivity index (χ3v) is 5.72. The van der Waals surface area contributed by atoms with Crippen LogP contribution in [0.2, 0.25) is 0 Å². The van der Waals surface area contributed by atoms with Crippen LogP contribution in [0.25, 0.3) is 17.1 Å². The van der Waals surface area contributed by atoms with Gasteiger partial charge in [0.15, 0.2) is 0 Å². The van der Waals surface area contributed by atoms with E-state index in [-0.39, 0.29) is 23.7 Å². The lowest BCUT2D eigenvalue weighted by molar-refractivity contribution is 0.0605. The molecule has 8 heteroatoms. The van der Waals surface area contributed by atoms with Gasteiger partial charge in [-0.15, -0.1) is 10.2 Å². The Bertz CT molecular complexity index is 1220. The fraction of sp³-hybridized carbons (Fsp3) is 0.250. The molecule has 0 saturated carbocycles. The first kappa shape index (κ1) is 20.1. The summed E-state index contributed by atoms with van der Waals surface area (Å²) in [5.41, 5.74) is 1.89. The molecule has 4 aromatic rings. The minimum absolute atomic E-state index is 0.0364. The summed E-state index contributed by atoms with van der Waals surface area (Å²) in [6.45, 7) is 0.668. The first-order valence-electron chi connectivity index (χ1n) is 10.7. The first-order valence-corrected chi connectivity index (χ1v) is 10.7. The van der Waals surface area contributed by atoms with Crippen molar-refractivity contribution in [3.8, 4) is 17.1 Å². The highest BCUT2D eigenvalue weighted by Crippen LogP contribution is 2.26. The molecule has 0 aliphatic carbocycles. The lowest BCUT2D eigenvalue weighted by atomic mass is 9.97. The highest BCUT2D eigenvalue weighted by molar-refractivity contribution is 5.98. The third kappa shape index (κ3) is 4.03. The molecule has 0 N–H and O–H groups in total. The summed E-state index contributed by atoms with van der Waals surface area (Å²) in [5, 5.41) is 12.5. The standard InChI is InChI=1S/C24H22FN5O2/c25-18-8-5-7-17(15-18)23-28-27-22(32-23)16-19-9-3-4-13-29(19)24(31)20-10-1-2-11-21(20)30-14-6-12-26-30/h1-2,5-8,10-12,14-15,19H,3-4,9,13,16H2. The maximum absolute atomic E-state index is 13.6. The summed E-state index contributed by atoms with van der Waals surface area (Å²) < 4.78 is 21.0. The van der Waals surface area contributed by atoms with Crippen molar-refractivity contribution < 1.29 is 13.6 Å². The Balaban J connectivity index is 1.38. The number of halogens is 1. The fourth-order valence-electron chi connectivity index (χ4n) is 4.18. The van der Waals surface area contributed by atoms with Gasteiger partial charge < -0.3 is 9.32 Å². The van der Waals surface area contributed by atoms with E-state index >= 15 is 0 Å². The smallest absolute Gasteiger partial charge is 0.256 e. The van der Waals surface area contributed by atoms with Gasteiger partial charge in [-0.1, -0.05) is 18.2 Å². The Morgan fingerprint density at radius 1 is 1.09 bits per heavy atom. The van der Waals surface area contributed by atoms with Gasteiger partial charge in [-0.2, -0.15) is 5.10 Å². The fourth-order valence-corrected chi connectivity index (χ4v) is 4.18. The normalized spacial score (nSPS) is 16.3. The summed E-state index contributed by atoms with van der Waals surface area (Å²) >= 11 is 0. The van der Waals surface area contributed by atoms with Crippen LogP contribution in [0.3, 0.4) is 0 Å². The summed E-state index contributed by atoms with van der Waals surface area (Å²) in [6, 6.07) is 15.3. The van der Waals surface area contributed by atoms with Crippen molar-refractivity contribution in [3.05, 3.63) is 84.3 Å². The second-order valence-corrected chi connectivity index (χ2v) is 7.83. The molecule has 1 aliphatic heterocycles. The van der Waals surface area contributed by atoms with Crippen molar-refractivity contribution in [2.45, 2.75) is 31.7 Å². The molecule has 2 aromatic heterocycles. The van der Waals surface area contributed by atoms with Crippen molar-refractivity contribution in [2.75, 3.05) is 6.54 Å². The van der Waals surface area contributed by atoms with Crippen LogP contribution in [0.1, 0.15) is 35.5 Å². The molecule has 1 atom stereocenters. The largest absolute Gasteiger partial charge is 0.421 e. The van der Waals surface area contributed by atoms with E-state index in [9.17, 15) is 9.18 Å². The number of hydrogen-bond acceptors (Lipinski definition) is 5. The molecule has 1 amide bonds. The quantitative estimate of drug-likeness (QED) is 0.471. The highest BCUT2D eigenvalue weighted by atomic mass is 19.1. The number of carbonyl (C=O) groups is 1. The van der Waals surface area contributed by atoms with Crippen molar-refractivity contribution >= 4 is 5.91 Å². The van der Waals surface area contributed by atoms with Crippen molar-refractivity contribution in [2.24, 2.45) is 0 Å². The number of nitrogens with zero attached hydrogens (tertiary/aromatic N) is 5. The van der Waals surface area contributed by atoms with Gasteiger partial charge in [0.1, 0.15) is 5.82 Å². The van der Waals surface area contributed by atoms with Crippen LogP contribution in [0.4, 0.5) is 4.39 Å².